The second-order valence-electron chi connectivity index (χ2n) is 3.19. The number of nitrogens with two attached hydrogens (primary N) is 1. The van der Waals surface area contributed by atoms with Gasteiger partial charge in [-0.25, -0.2) is 0 Å². The fraction of sp³-hybridized carbons (Fsp3) is 0.875. The monoisotopic (exact) mass is 159 g/mol. The van der Waals surface area contributed by atoms with Crippen molar-refractivity contribution in [1.82, 2.24) is 0 Å². The van der Waals surface area contributed by atoms with Gasteiger partial charge >= 0.3 is 5.97 Å². The molecule has 0 aliphatic heterocycles. The lowest BCUT2D eigenvalue weighted by Crippen LogP contribution is -2.28. The van der Waals surface area contributed by atoms with E-state index in [0.29, 0.717) is 12.5 Å². The Labute approximate surface area is 67.9 Å². The molecule has 1 atom stereocenters. The summed E-state index contributed by atoms with van der Waals surface area (Å²) in [7, 11) is 0. The van der Waals surface area contributed by atoms with E-state index in [9.17, 15) is 4.79 Å². The molecular weight excluding hydrogens is 142 g/mol. The van der Waals surface area contributed by atoms with Gasteiger partial charge < -0.3 is 10.5 Å². The zero-order valence-corrected chi connectivity index (χ0v) is 7.46. The summed E-state index contributed by atoms with van der Waals surface area (Å²) < 4.78 is 4.74. The molecule has 2 N–H and O–H groups in total. The molecule has 0 fully saturated rings. The van der Waals surface area contributed by atoms with Crippen molar-refractivity contribution < 1.29 is 9.53 Å². The fourth-order valence-corrected chi connectivity index (χ4v) is 0.898. The normalized spacial score (nSPS) is 13.2. The molecule has 0 bridgehead atoms. The molecule has 0 aromatic heterocycles. The van der Waals surface area contributed by atoms with Crippen molar-refractivity contribution in [2.45, 2.75) is 33.2 Å². The molecule has 0 heterocycles. The van der Waals surface area contributed by atoms with Crippen LogP contribution in [0.25, 0.3) is 0 Å². The molecule has 3 nitrogen and oxygen atoms in total. The third kappa shape index (κ3) is 7.33. The van der Waals surface area contributed by atoms with Crippen molar-refractivity contribution in [3.63, 3.8) is 0 Å². The van der Waals surface area contributed by atoms with Crippen molar-refractivity contribution >= 4 is 5.97 Å². The van der Waals surface area contributed by atoms with E-state index in [1.54, 1.807) is 0 Å². The Morgan fingerprint density at radius 1 is 1.55 bits per heavy atom. The maximum Gasteiger partial charge on any atom is 0.302 e. The number of hydrogen-bond donors (Lipinski definition) is 1. The Balaban J connectivity index is 3.37. The van der Waals surface area contributed by atoms with Crippen molar-refractivity contribution in [1.29, 1.82) is 0 Å². The molecule has 0 saturated carbocycles. The first-order chi connectivity index (χ1) is 5.02. The second kappa shape index (κ2) is 5.13. The molecule has 0 aromatic rings. The summed E-state index contributed by atoms with van der Waals surface area (Å²) >= 11 is 0. The van der Waals surface area contributed by atoms with Crippen molar-refractivity contribution in [2.24, 2.45) is 11.7 Å². The third-order valence-corrected chi connectivity index (χ3v) is 1.27. The van der Waals surface area contributed by atoms with E-state index >= 15 is 0 Å². The predicted molar refractivity (Wildman–Crippen MR) is 44.1 cm³/mol. The zero-order valence-electron chi connectivity index (χ0n) is 7.46. The molecule has 0 radical (unpaired) electrons. The molecule has 3 heteroatoms. The van der Waals surface area contributed by atoms with Gasteiger partial charge in [-0.05, 0) is 12.3 Å². The fourth-order valence-electron chi connectivity index (χ4n) is 0.898. The van der Waals surface area contributed by atoms with E-state index < -0.39 is 0 Å². The highest BCUT2D eigenvalue weighted by molar-refractivity contribution is 5.65. The van der Waals surface area contributed by atoms with E-state index in [4.69, 9.17) is 10.5 Å². The van der Waals surface area contributed by atoms with Crippen LogP contribution >= 0.6 is 0 Å². The van der Waals surface area contributed by atoms with Crippen LogP contribution in [0.4, 0.5) is 0 Å². The lowest BCUT2D eigenvalue weighted by atomic mass is 10.1. The molecule has 0 aliphatic carbocycles. The van der Waals surface area contributed by atoms with E-state index in [2.05, 4.69) is 13.8 Å². The largest absolute Gasteiger partial charge is 0.464 e. The Bertz CT molecular complexity index is 123. The van der Waals surface area contributed by atoms with E-state index in [1.165, 1.54) is 6.92 Å². The minimum atomic E-state index is -0.260. The zero-order chi connectivity index (χ0) is 8.85. The Hall–Kier alpha value is -0.570. The number of carbonyl (C=O) groups excluding carboxylic acids is 1. The van der Waals surface area contributed by atoms with Gasteiger partial charge in [0.15, 0.2) is 0 Å². The van der Waals surface area contributed by atoms with Crippen LogP contribution < -0.4 is 5.73 Å². The van der Waals surface area contributed by atoms with Crippen LogP contribution in [0.3, 0.4) is 0 Å². The molecule has 0 aliphatic rings. The van der Waals surface area contributed by atoms with Gasteiger partial charge in [-0.15, -0.1) is 0 Å². The summed E-state index contributed by atoms with van der Waals surface area (Å²) in [6.45, 7) is 5.91. The van der Waals surface area contributed by atoms with Gasteiger partial charge in [0.2, 0.25) is 0 Å². The van der Waals surface area contributed by atoms with E-state index in [-0.39, 0.29) is 12.0 Å². The van der Waals surface area contributed by atoms with Gasteiger partial charge in [-0.3, -0.25) is 4.79 Å². The maximum absolute atomic E-state index is 10.4. The standard InChI is InChI=1S/C8H17NO2/c1-6(2)4-8(9)5-11-7(3)10/h6,8H,4-5,9H2,1-3H3/t8-/m0/s1. The molecule has 11 heavy (non-hydrogen) atoms. The molecular formula is C8H17NO2. The number of rotatable bonds is 4. The van der Waals surface area contributed by atoms with Gasteiger partial charge in [0.25, 0.3) is 0 Å². The number of hydrogen-bond acceptors (Lipinski definition) is 3. The Kier molecular flexibility index (Phi) is 4.86. The highest BCUT2D eigenvalue weighted by Crippen LogP contribution is 2.02. The lowest BCUT2D eigenvalue weighted by molar-refractivity contribution is -0.141. The van der Waals surface area contributed by atoms with Gasteiger partial charge in [0, 0.05) is 13.0 Å². The first-order valence-electron chi connectivity index (χ1n) is 3.91. The van der Waals surface area contributed by atoms with Gasteiger partial charge in [0.05, 0.1) is 0 Å². The number of carbonyl (C=O) groups is 1. The third-order valence-electron chi connectivity index (χ3n) is 1.27. The number of ether oxygens (including phenoxy) is 1. The van der Waals surface area contributed by atoms with Crippen molar-refractivity contribution in [3.05, 3.63) is 0 Å². The Morgan fingerprint density at radius 3 is 2.45 bits per heavy atom. The van der Waals surface area contributed by atoms with Crippen molar-refractivity contribution in [2.75, 3.05) is 6.61 Å². The van der Waals surface area contributed by atoms with Gasteiger partial charge in [-0.1, -0.05) is 13.8 Å². The van der Waals surface area contributed by atoms with E-state index in [1.807, 2.05) is 0 Å². The molecule has 0 amide bonds. The topological polar surface area (TPSA) is 52.3 Å². The van der Waals surface area contributed by atoms with Crippen molar-refractivity contribution in [3.8, 4) is 0 Å². The number of esters is 1. The molecule has 0 unspecified atom stereocenters. The summed E-state index contributed by atoms with van der Waals surface area (Å²) in [5, 5.41) is 0. The maximum atomic E-state index is 10.4. The summed E-state index contributed by atoms with van der Waals surface area (Å²) in [4.78, 5) is 10.4. The average molecular weight is 159 g/mol. The average Bonchev–Trinajstić information content (AvgIpc) is 1.82. The van der Waals surface area contributed by atoms with Crippen LogP contribution in [0, 0.1) is 5.92 Å². The van der Waals surface area contributed by atoms with Gasteiger partial charge in [-0.2, -0.15) is 0 Å². The highest BCUT2D eigenvalue weighted by atomic mass is 16.5. The van der Waals surface area contributed by atoms with Crippen LogP contribution in [-0.4, -0.2) is 18.6 Å². The molecule has 66 valence electrons. The minimum Gasteiger partial charge on any atom is -0.464 e. The SMILES string of the molecule is CC(=O)OC[C@@H](N)CC(C)C. The summed E-state index contributed by atoms with van der Waals surface area (Å²) in [5.41, 5.74) is 5.65. The second-order valence-corrected chi connectivity index (χ2v) is 3.19. The first kappa shape index (κ1) is 10.4. The summed E-state index contributed by atoms with van der Waals surface area (Å²) in [6.07, 6.45) is 0.896. The first-order valence-corrected chi connectivity index (χ1v) is 3.91. The Morgan fingerprint density at radius 2 is 2.09 bits per heavy atom. The van der Waals surface area contributed by atoms with Crippen LogP contribution in [0.15, 0.2) is 0 Å². The molecule has 0 saturated heterocycles. The highest BCUT2D eigenvalue weighted by Gasteiger charge is 2.06. The molecule has 0 spiro atoms. The van der Waals surface area contributed by atoms with Crippen LogP contribution in [-0.2, 0) is 9.53 Å². The molecule has 0 rings (SSSR count). The van der Waals surface area contributed by atoms with Crippen LogP contribution in [0.1, 0.15) is 27.2 Å². The minimum absolute atomic E-state index is 0.0149. The molecule has 0 aromatic carbocycles. The smallest absolute Gasteiger partial charge is 0.302 e. The van der Waals surface area contributed by atoms with Gasteiger partial charge in [0.1, 0.15) is 6.61 Å². The van der Waals surface area contributed by atoms with Crippen LogP contribution in [0.5, 0.6) is 0 Å². The van der Waals surface area contributed by atoms with E-state index in [0.717, 1.165) is 6.42 Å². The lowest BCUT2D eigenvalue weighted by Gasteiger charge is -2.12. The summed E-state index contributed by atoms with van der Waals surface area (Å²) in [6, 6.07) is -0.0149. The predicted octanol–water partition coefficient (Wildman–Crippen LogP) is 0.923. The summed E-state index contributed by atoms with van der Waals surface area (Å²) in [5.74, 6) is 0.296. The quantitative estimate of drug-likeness (QED) is 0.621. The van der Waals surface area contributed by atoms with Crippen LogP contribution in [0.2, 0.25) is 0 Å².